The van der Waals surface area contributed by atoms with Crippen LogP contribution in [0.25, 0.3) is 0 Å². The molecule has 0 fully saturated rings. The number of nitrogens with one attached hydrogen (secondary N) is 1. The van der Waals surface area contributed by atoms with E-state index in [4.69, 9.17) is 0 Å². The summed E-state index contributed by atoms with van der Waals surface area (Å²) in [7, 11) is 2.01. The highest BCUT2D eigenvalue weighted by molar-refractivity contribution is 7.11. The molecule has 0 saturated carbocycles. The van der Waals surface area contributed by atoms with Crippen LogP contribution < -0.4 is 5.32 Å². The van der Waals surface area contributed by atoms with E-state index < -0.39 is 0 Å². The Hall–Kier alpha value is -1.13. The lowest BCUT2D eigenvalue weighted by Gasteiger charge is -2.02. The molecule has 80 valence electrons. The van der Waals surface area contributed by atoms with Gasteiger partial charge in [0.2, 0.25) is 0 Å². The summed E-state index contributed by atoms with van der Waals surface area (Å²) in [5.41, 5.74) is 0. The summed E-state index contributed by atoms with van der Waals surface area (Å²) in [5.74, 6) is 1.07. The smallest absolute Gasteiger partial charge is 0.122 e. The van der Waals surface area contributed by atoms with Gasteiger partial charge in [-0.1, -0.05) is 0 Å². The Morgan fingerprint density at radius 3 is 2.87 bits per heavy atom. The number of imidazole rings is 1. The Morgan fingerprint density at radius 1 is 1.40 bits per heavy atom. The van der Waals surface area contributed by atoms with Crippen molar-refractivity contribution in [2.75, 3.05) is 0 Å². The zero-order valence-electron chi connectivity index (χ0n) is 9.03. The standard InChI is InChI=1S/C11H15N3S/c1-9-3-4-10(15-9)7-12-8-11-13-5-6-14(11)2/h3-6,12H,7-8H2,1-2H3. The molecule has 0 aliphatic heterocycles. The first-order valence-electron chi connectivity index (χ1n) is 4.98. The lowest BCUT2D eigenvalue weighted by atomic mass is 10.4. The van der Waals surface area contributed by atoms with Crippen molar-refractivity contribution in [2.24, 2.45) is 7.05 Å². The molecule has 2 aromatic rings. The molecule has 2 rings (SSSR count). The van der Waals surface area contributed by atoms with E-state index in [0.717, 1.165) is 18.9 Å². The van der Waals surface area contributed by atoms with E-state index in [1.807, 2.05) is 35.3 Å². The molecular weight excluding hydrogens is 206 g/mol. The molecule has 0 bridgehead atoms. The second-order valence-corrected chi connectivity index (χ2v) is 4.94. The summed E-state index contributed by atoms with van der Waals surface area (Å²) in [6, 6.07) is 4.33. The van der Waals surface area contributed by atoms with Crippen LogP contribution in [0.4, 0.5) is 0 Å². The van der Waals surface area contributed by atoms with Gasteiger partial charge in [0.1, 0.15) is 5.82 Å². The van der Waals surface area contributed by atoms with Crippen molar-refractivity contribution in [2.45, 2.75) is 20.0 Å². The molecule has 2 aromatic heterocycles. The Balaban J connectivity index is 1.83. The van der Waals surface area contributed by atoms with Crippen LogP contribution in [-0.4, -0.2) is 9.55 Å². The number of hydrogen-bond donors (Lipinski definition) is 1. The average Bonchev–Trinajstić information content (AvgIpc) is 2.77. The fraction of sp³-hybridized carbons (Fsp3) is 0.364. The van der Waals surface area contributed by atoms with Crippen LogP contribution in [0, 0.1) is 6.92 Å². The predicted molar refractivity (Wildman–Crippen MR) is 62.8 cm³/mol. The van der Waals surface area contributed by atoms with Gasteiger partial charge in [-0.25, -0.2) is 4.98 Å². The SMILES string of the molecule is Cc1ccc(CNCc2nccn2C)s1. The number of aromatic nitrogens is 2. The second-order valence-electron chi connectivity index (χ2n) is 3.57. The van der Waals surface area contributed by atoms with Gasteiger partial charge in [0.25, 0.3) is 0 Å². The van der Waals surface area contributed by atoms with Crippen molar-refractivity contribution in [1.29, 1.82) is 0 Å². The Bertz CT molecular complexity index is 430. The number of rotatable bonds is 4. The van der Waals surface area contributed by atoms with Crippen LogP contribution in [0.2, 0.25) is 0 Å². The Kier molecular flexibility index (Phi) is 3.18. The molecular formula is C11H15N3S. The van der Waals surface area contributed by atoms with Crippen molar-refractivity contribution in [3.05, 3.63) is 40.1 Å². The first-order chi connectivity index (χ1) is 7.25. The molecule has 0 aliphatic rings. The van der Waals surface area contributed by atoms with Gasteiger partial charge in [-0.15, -0.1) is 11.3 Å². The van der Waals surface area contributed by atoms with Crippen molar-refractivity contribution < 1.29 is 0 Å². The minimum atomic E-state index is 0.820. The van der Waals surface area contributed by atoms with E-state index >= 15 is 0 Å². The Morgan fingerprint density at radius 2 is 2.27 bits per heavy atom. The largest absolute Gasteiger partial charge is 0.337 e. The second kappa shape index (κ2) is 4.59. The molecule has 0 aliphatic carbocycles. The van der Waals surface area contributed by atoms with Crippen LogP contribution in [0.3, 0.4) is 0 Å². The van der Waals surface area contributed by atoms with Gasteiger partial charge in [0, 0.05) is 35.7 Å². The highest BCUT2D eigenvalue weighted by atomic mass is 32.1. The normalized spacial score (nSPS) is 10.8. The number of aryl methyl sites for hydroxylation is 2. The van der Waals surface area contributed by atoms with Crippen LogP contribution in [0.15, 0.2) is 24.5 Å². The van der Waals surface area contributed by atoms with Gasteiger partial charge in [-0.3, -0.25) is 0 Å². The van der Waals surface area contributed by atoms with E-state index in [1.54, 1.807) is 0 Å². The summed E-state index contributed by atoms with van der Waals surface area (Å²) in [4.78, 5) is 7.00. The predicted octanol–water partition coefficient (Wildman–Crippen LogP) is 2.08. The lowest BCUT2D eigenvalue weighted by molar-refractivity contribution is 0.643. The van der Waals surface area contributed by atoms with Gasteiger partial charge >= 0.3 is 0 Å². The van der Waals surface area contributed by atoms with Gasteiger partial charge in [-0.2, -0.15) is 0 Å². The zero-order valence-corrected chi connectivity index (χ0v) is 9.84. The molecule has 0 atom stereocenters. The third kappa shape index (κ3) is 2.67. The Labute approximate surface area is 93.8 Å². The molecule has 2 heterocycles. The van der Waals surface area contributed by atoms with Crippen LogP contribution in [0.5, 0.6) is 0 Å². The van der Waals surface area contributed by atoms with Gasteiger partial charge in [-0.05, 0) is 19.1 Å². The van der Waals surface area contributed by atoms with Crippen LogP contribution >= 0.6 is 11.3 Å². The third-order valence-electron chi connectivity index (χ3n) is 2.30. The van der Waals surface area contributed by atoms with Gasteiger partial charge < -0.3 is 9.88 Å². The van der Waals surface area contributed by atoms with E-state index in [-0.39, 0.29) is 0 Å². The van der Waals surface area contributed by atoms with E-state index in [0.29, 0.717) is 0 Å². The first-order valence-corrected chi connectivity index (χ1v) is 5.79. The van der Waals surface area contributed by atoms with Crippen molar-refractivity contribution in [1.82, 2.24) is 14.9 Å². The molecule has 15 heavy (non-hydrogen) atoms. The molecule has 0 saturated heterocycles. The molecule has 4 heteroatoms. The maximum Gasteiger partial charge on any atom is 0.122 e. The molecule has 0 amide bonds. The van der Waals surface area contributed by atoms with Crippen LogP contribution in [0.1, 0.15) is 15.6 Å². The summed E-state index contributed by atoms with van der Waals surface area (Å²) >= 11 is 1.84. The van der Waals surface area contributed by atoms with Gasteiger partial charge in [0.15, 0.2) is 0 Å². The molecule has 0 radical (unpaired) electrons. The topological polar surface area (TPSA) is 29.9 Å². The number of nitrogens with zero attached hydrogens (tertiary/aromatic N) is 2. The molecule has 1 N–H and O–H groups in total. The molecule has 0 aromatic carbocycles. The number of thiophene rings is 1. The fourth-order valence-electron chi connectivity index (χ4n) is 1.44. The quantitative estimate of drug-likeness (QED) is 0.856. The fourth-order valence-corrected chi connectivity index (χ4v) is 2.30. The monoisotopic (exact) mass is 221 g/mol. The maximum atomic E-state index is 4.26. The molecule has 3 nitrogen and oxygen atoms in total. The van der Waals surface area contributed by atoms with E-state index in [1.165, 1.54) is 9.75 Å². The van der Waals surface area contributed by atoms with E-state index in [9.17, 15) is 0 Å². The summed E-state index contributed by atoms with van der Waals surface area (Å²) in [5, 5.41) is 3.39. The summed E-state index contributed by atoms with van der Waals surface area (Å²) < 4.78 is 2.03. The highest BCUT2D eigenvalue weighted by Gasteiger charge is 1.99. The average molecular weight is 221 g/mol. The van der Waals surface area contributed by atoms with Crippen molar-refractivity contribution in [3.63, 3.8) is 0 Å². The summed E-state index contributed by atoms with van der Waals surface area (Å²) in [6.07, 6.45) is 3.79. The molecule has 0 unspecified atom stereocenters. The number of hydrogen-bond acceptors (Lipinski definition) is 3. The minimum Gasteiger partial charge on any atom is -0.337 e. The first kappa shape index (κ1) is 10.4. The maximum absolute atomic E-state index is 4.26. The van der Waals surface area contributed by atoms with E-state index in [2.05, 4.69) is 29.4 Å². The van der Waals surface area contributed by atoms with Crippen molar-refractivity contribution >= 4 is 11.3 Å². The lowest BCUT2D eigenvalue weighted by Crippen LogP contribution is -2.14. The zero-order chi connectivity index (χ0) is 10.7. The molecule has 0 spiro atoms. The van der Waals surface area contributed by atoms with Crippen molar-refractivity contribution in [3.8, 4) is 0 Å². The van der Waals surface area contributed by atoms with Gasteiger partial charge in [0.05, 0.1) is 6.54 Å². The van der Waals surface area contributed by atoms with Crippen LogP contribution in [-0.2, 0) is 20.1 Å². The summed E-state index contributed by atoms with van der Waals surface area (Å²) in [6.45, 7) is 3.87. The third-order valence-corrected chi connectivity index (χ3v) is 3.30. The minimum absolute atomic E-state index is 0.820. The highest BCUT2D eigenvalue weighted by Crippen LogP contribution is 2.14.